The van der Waals surface area contributed by atoms with Gasteiger partial charge in [0, 0.05) is 42.9 Å². The number of benzene rings is 1. The number of hydrogen-bond donors (Lipinski definition) is 1. The van der Waals surface area contributed by atoms with E-state index in [1.54, 1.807) is 0 Å². The molecule has 3 rings (SSSR count). The maximum atomic E-state index is 6.05. The van der Waals surface area contributed by atoms with E-state index < -0.39 is 0 Å². The third-order valence-corrected chi connectivity index (χ3v) is 4.55. The van der Waals surface area contributed by atoms with E-state index in [2.05, 4.69) is 27.3 Å². The van der Waals surface area contributed by atoms with Crippen LogP contribution in [0.15, 0.2) is 42.7 Å². The molecule has 21 heavy (non-hydrogen) atoms. The maximum Gasteiger partial charge on any atom is 0.0612 e. The van der Waals surface area contributed by atoms with Crippen LogP contribution in [0.5, 0.6) is 0 Å². The zero-order valence-electron chi connectivity index (χ0n) is 11.6. The summed E-state index contributed by atoms with van der Waals surface area (Å²) in [7, 11) is 0. The molecule has 0 radical (unpaired) electrons. The Hall–Kier alpha value is -1.45. The van der Waals surface area contributed by atoms with Gasteiger partial charge in [-0.15, -0.1) is 0 Å². The molecule has 0 amide bonds. The summed E-state index contributed by atoms with van der Waals surface area (Å²) in [6.45, 7) is 2.09. The zero-order valence-corrected chi connectivity index (χ0v) is 13.1. The fourth-order valence-corrected chi connectivity index (χ4v) is 2.96. The number of aromatic nitrogens is 1. The molecule has 1 saturated heterocycles. The van der Waals surface area contributed by atoms with E-state index in [-0.39, 0.29) is 0 Å². The molecular weight excluding hydrogens is 305 g/mol. The number of pyridine rings is 1. The molecule has 1 aliphatic heterocycles. The van der Waals surface area contributed by atoms with E-state index in [1.165, 1.54) is 5.69 Å². The summed E-state index contributed by atoms with van der Waals surface area (Å²) in [6, 6.07) is 10.3. The number of nitrogens with one attached hydrogen (secondary N) is 1. The van der Waals surface area contributed by atoms with Gasteiger partial charge in [-0.3, -0.25) is 4.98 Å². The van der Waals surface area contributed by atoms with Crippen LogP contribution in [0.2, 0.25) is 10.0 Å². The van der Waals surface area contributed by atoms with Gasteiger partial charge in [-0.2, -0.15) is 0 Å². The minimum absolute atomic E-state index is 0.473. The maximum absolute atomic E-state index is 6.05. The lowest BCUT2D eigenvalue weighted by molar-refractivity contribution is 0.526. The minimum Gasteiger partial charge on any atom is -0.382 e. The molecule has 2 heterocycles. The standard InChI is InChI=1S/C16H17Cl2N3/c17-15-2-1-13(11-16(15)18)20-12-5-9-21(10-6-12)14-3-7-19-8-4-14/h1-4,7-8,11-12,20H,5-6,9-10H2. The lowest BCUT2D eigenvalue weighted by atomic mass is 10.0. The number of piperidine rings is 1. The number of halogens is 2. The number of nitrogens with zero attached hydrogens (tertiary/aromatic N) is 2. The molecule has 1 aromatic heterocycles. The third-order valence-electron chi connectivity index (χ3n) is 3.81. The average molecular weight is 322 g/mol. The molecule has 3 nitrogen and oxygen atoms in total. The highest BCUT2D eigenvalue weighted by Gasteiger charge is 2.19. The van der Waals surface area contributed by atoms with Crippen molar-refractivity contribution in [2.24, 2.45) is 0 Å². The summed E-state index contributed by atoms with van der Waals surface area (Å²) in [5, 5.41) is 4.72. The Bertz CT molecular complexity index is 596. The first-order valence-corrected chi connectivity index (χ1v) is 7.84. The van der Waals surface area contributed by atoms with Crippen LogP contribution in [0.3, 0.4) is 0 Å². The number of hydrogen-bond acceptors (Lipinski definition) is 3. The van der Waals surface area contributed by atoms with Gasteiger partial charge >= 0.3 is 0 Å². The quantitative estimate of drug-likeness (QED) is 0.904. The molecule has 0 aliphatic carbocycles. The molecule has 2 aromatic rings. The van der Waals surface area contributed by atoms with E-state index in [4.69, 9.17) is 23.2 Å². The van der Waals surface area contributed by atoms with Gasteiger partial charge in [0.25, 0.3) is 0 Å². The van der Waals surface area contributed by atoms with E-state index in [1.807, 2.05) is 30.6 Å². The van der Waals surface area contributed by atoms with Crippen LogP contribution in [-0.4, -0.2) is 24.1 Å². The van der Waals surface area contributed by atoms with Crippen molar-refractivity contribution in [2.45, 2.75) is 18.9 Å². The molecule has 110 valence electrons. The van der Waals surface area contributed by atoms with Crippen LogP contribution in [0, 0.1) is 0 Å². The van der Waals surface area contributed by atoms with E-state index in [0.29, 0.717) is 16.1 Å². The highest BCUT2D eigenvalue weighted by atomic mass is 35.5. The molecule has 0 spiro atoms. The smallest absolute Gasteiger partial charge is 0.0612 e. The lowest BCUT2D eigenvalue weighted by Crippen LogP contribution is -2.39. The Labute approximate surface area is 134 Å². The Morgan fingerprint density at radius 2 is 1.71 bits per heavy atom. The van der Waals surface area contributed by atoms with Crippen molar-refractivity contribution < 1.29 is 0 Å². The van der Waals surface area contributed by atoms with Gasteiger partial charge in [0.1, 0.15) is 0 Å². The summed E-state index contributed by atoms with van der Waals surface area (Å²) in [4.78, 5) is 6.46. The highest BCUT2D eigenvalue weighted by Crippen LogP contribution is 2.27. The van der Waals surface area contributed by atoms with Crippen LogP contribution in [-0.2, 0) is 0 Å². The summed E-state index contributed by atoms with van der Waals surface area (Å²) in [6.07, 6.45) is 5.88. The van der Waals surface area contributed by atoms with Crippen molar-refractivity contribution in [1.29, 1.82) is 0 Å². The van der Waals surface area contributed by atoms with E-state index in [9.17, 15) is 0 Å². The molecule has 1 N–H and O–H groups in total. The van der Waals surface area contributed by atoms with Crippen molar-refractivity contribution in [3.8, 4) is 0 Å². The Morgan fingerprint density at radius 1 is 1.00 bits per heavy atom. The summed E-state index contributed by atoms with van der Waals surface area (Å²) < 4.78 is 0. The topological polar surface area (TPSA) is 28.2 Å². The Morgan fingerprint density at radius 3 is 2.38 bits per heavy atom. The Balaban J connectivity index is 1.57. The highest BCUT2D eigenvalue weighted by molar-refractivity contribution is 6.42. The monoisotopic (exact) mass is 321 g/mol. The van der Waals surface area contributed by atoms with Crippen molar-refractivity contribution in [1.82, 2.24) is 4.98 Å². The predicted octanol–water partition coefficient (Wildman–Crippen LogP) is 4.47. The van der Waals surface area contributed by atoms with Crippen molar-refractivity contribution in [3.05, 3.63) is 52.8 Å². The second-order valence-corrected chi connectivity index (χ2v) is 6.05. The van der Waals surface area contributed by atoms with Gasteiger partial charge < -0.3 is 10.2 Å². The van der Waals surface area contributed by atoms with Crippen molar-refractivity contribution in [3.63, 3.8) is 0 Å². The minimum atomic E-state index is 0.473. The van der Waals surface area contributed by atoms with Gasteiger partial charge in [-0.05, 0) is 43.2 Å². The molecule has 0 unspecified atom stereocenters. The predicted molar refractivity (Wildman–Crippen MR) is 89.6 cm³/mol. The first kappa shape index (κ1) is 14.5. The van der Waals surface area contributed by atoms with Crippen LogP contribution < -0.4 is 10.2 Å². The van der Waals surface area contributed by atoms with Gasteiger partial charge in [-0.1, -0.05) is 23.2 Å². The molecule has 0 bridgehead atoms. The molecule has 1 aromatic carbocycles. The van der Waals surface area contributed by atoms with Gasteiger partial charge in [-0.25, -0.2) is 0 Å². The fraction of sp³-hybridized carbons (Fsp3) is 0.312. The normalized spacial score (nSPS) is 16.0. The van der Waals surface area contributed by atoms with Gasteiger partial charge in [0.15, 0.2) is 0 Å². The fourth-order valence-electron chi connectivity index (χ4n) is 2.66. The van der Waals surface area contributed by atoms with E-state index in [0.717, 1.165) is 31.6 Å². The van der Waals surface area contributed by atoms with Gasteiger partial charge in [0.2, 0.25) is 0 Å². The summed E-state index contributed by atoms with van der Waals surface area (Å²) >= 11 is 12.0. The SMILES string of the molecule is Clc1ccc(NC2CCN(c3ccncc3)CC2)cc1Cl. The summed E-state index contributed by atoms with van der Waals surface area (Å²) in [5.74, 6) is 0. The van der Waals surface area contributed by atoms with Crippen molar-refractivity contribution in [2.75, 3.05) is 23.3 Å². The molecule has 1 fully saturated rings. The largest absolute Gasteiger partial charge is 0.382 e. The van der Waals surface area contributed by atoms with Crippen LogP contribution >= 0.6 is 23.2 Å². The number of anilines is 2. The van der Waals surface area contributed by atoms with Crippen LogP contribution in [0.4, 0.5) is 11.4 Å². The molecule has 1 aliphatic rings. The first-order valence-electron chi connectivity index (χ1n) is 7.09. The van der Waals surface area contributed by atoms with Crippen LogP contribution in [0.25, 0.3) is 0 Å². The Kier molecular flexibility index (Phi) is 4.51. The summed E-state index contributed by atoms with van der Waals surface area (Å²) in [5.41, 5.74) is 2.28. The zero-order chi connectivity index (χ0) is 14.7. The second-order valence-electron chi connectivity index (χ2n) is 5.24. The molecule has 5 heteroatoms. The molecule has 0 saturated carbocycles. The third kappa shape index (κ3) is 3.60. The molecule has 0 atom stereocenters. The van der Waals surface area contributed by atoms with E-state index >= 15 is 0 Å². The lowest BCUT2D eigenvalue weighted by Gasteiger charge is -2.34. The molecular formula is C16H17Cl2N3. The number of rotatable bonds is 3. The van der Waals surface area contributed by atoms with Gasteiger partial charge in [0.05, 0.1) is 10.0 Å². The second kappa shape index (κ2) is 6.54. The van der Waals surface area contributed by atoms with Crippen LogP contribution in [0.1, 0.15) is 12.8 Å². The average Bonchev–Trinajstić information content (AvgIpc) is 2.53. The first-order chi connectivity index (χ1) is 10.2. The van der Waals surface area contributed by atoms with Crippen molar-refractivity contribution >= 4 is 34.6 Å².